The third-order valence-electron chi connectivity index (χ3n) is 4.29. The van der Waals surface area contributed by atoms with E-state index in [1.54, 1.807) is 6.20 Å². The molecule has 1 aliphatic heterocycles. The molecule has 0 aromatic carbocycles. The molecule has 24 heavy (non-hydrogen) atoms. The molecule has 1 atom stereocenters. The Morgan fingerprint density at radius 3 is 2.79 bits per heavy atom. The normalized spacial score (nSPS) is 17.6. The number of nitrogens with zero attached hydrogens (tertiary/aromatic N) is 4. The first-order valence-corrected chi connectivity index (χ1v) is 8.32. The second-order valence-corrected chi connectivity index (χ2v) is 6.47. The Kier molecular flexibility index (Phi) is 4.74. The minimum absolute atomic E-state index is 0.0943. The predicted octanol–water partition coefficient (Wildman–Crippen LogP) is 2.20. The molecule has 6 heteroatoms. The number of carbonyl (C=O) groups is 1. The van der Waals surface area contributed by atoms with Crippen molar-refractivity contribution in [3.05, 3.63) is 46.9 Å². The second-order valence-electron chi connectivity index (χ2n) is 6.47. The maximum atomic E-state index is 12.5. The molecule has 126 valence electrons. The Bertz CT molecular complexity index is 729. The molecule has 1 fully saturated rings. The molecule has 1 unspecified atom stereocenters. The molecule has 1 amide bonds. The minimum atomic E-state index is -0.102. The number of carbonyl (C=O) groups excluding carboxylic acids is 1. The number of pyridine rings is 1. The summed E-state index contributed by atoms with van der Waals surface area (Å²) in [4.78, 5) is 19.0. The lowest BCUT2D eigenvalue weighted by atomic mass is 10.0. The van der Waals surface area contributed by atoms with Crippen molar-refractivity contribution in [1.29, 1.82) is 0 Å². The molecular formula is C18H23N5O. The quantitative estimate of drug-likeness (QED) is 0.937. The summed E-state index contributed by atoms with van der Waals surface area (Å²) < 4.78 is 0. The summed E-state index contributed by atoms with van der Waals surface area (Å²) in [5, 5.41) is 11.5. The third kappa shape index (κ3) is 3.69. The SMILES string of the molecule is Cc1cnc(C(=O)NC2CCCN(c3ccc(C)nn3)C2)c(C)c1. The van der Waals surface area contributed by atoms with Gasteiger partial charge in [0.15, 0.2) is 5.82 Å². The van der Waals surface area contributed by atoms with Crippen molar-refractivity contribution in [3.63, 3.8) is 0 Å². The first-order valence-electron chi connectivity index (χ1n) is 8.32. The molecule has 3 rings (SSSR count). The van der Waals surface area contributed by atoms with Crippen LogP contribution in [0.4, 0.5) is 5.82 Å². The van der Waals surface area contributed by atoms with Crippen molar-refractivity contribution in [1.82, 2.24) is 20.5 Å². The van der Waals surface area contributed by atoms with Crippen molar-refractivity contribution in [2.75, 3.05) is 18.0 Å². The van der Waals surface area contributed by atoms with Gasteiger partial charge in [0.05, 0.1) is 5.69 Å². The molecule has 0 saturated carbocycles. The van der Waals surface area contributed by atoms with Crippen LogP contribution < -0.4 is 10.2 Å². The highest BCUT2D eigenvalue weighted by Gasteiger charge is 2.23. The largest absolute Gasteiger partial charge is 0.353 e. The van der Waals surface area contributed by atoms with Gasteiger partial charge < -0.3 is 10.2 Å². The van der Waals surface area contributed by atoms with E-state index in [9.17, 15) is 4.79 Å². The van der Waals surface area contributed by atoms with Crippen LogP contribution in [0, 0.1) is 20.8 Å². The Morgan fingerprint density at radius 2 is 2.08 bits per heavy atom. The zero-order chi connectivity index (χ0) is 17.1. The van der Waals surface area contributed by atoms with E-state index in [0.717, 1.165) is 48.6 Å². The van der Waals surface area contributed by atoms with Crippen molar-refractivity contribution in [3.8, 4) is 0 Å². The lowest BCUT2D eigenvalue weighted by Gasteiger charge is -2.33. The maximum absolute atomic E-state index is 12.5. The molecule has 0 aliphatic carbocycles. The minimum Gasteiger partial charge on any atom is -0.353 e. The zero-order valence-electron chi connectivity index (χ0n) is 14.4. The van der Waals surface area contributed by atoms with Gasteiger partial charge in [-0.15, -0.1) is 5.10 Å². The number of hydrogen-bond donors (Lipinski definition) is 1. The van der Waals surface area contributed by atoms with Gasteiger partial charge in [0.2, 0.25) is 0 Å². The summed E-state index contributed by atoms with van der Waals surface area (Å²) in [5.41, 5.74) is 3.38. The molecule has 0 spiro atoms. The van der Waals surface area contributed by atoms with Crippen molar-refractivity contribution < 1.29 is 4.79 Å². The van der Waals surface area contributed by atoms with Crippen LogP contribution in [-0.2, 0) is 0 Å². The lowest BCUT2D eigenvalue weighted by molar-refractivity contribution is 0.0927. The number of rotatable bonds is 3. The van der Waals surface area contributed by atoms with Gasteiger partial charge in [-0.3, -0.25) is 9.78 Å². The van der Waals surface area contributed by atoms with Gasteiger partial charge in [0.25, 0.3) is 5.91 Å². The molecule has 1 N–H and O–H groups in total. The number of nitrogens with one attached hydrogen (secondary N) is 1. The molecular weight excluding hydrogens is 302 g/mol. The van der Waals surface area contributed by atoms with Crippen LogP contribution in [0.5, 0.6) is 0 Å². The summed E-state index contributed by atoms with van der Waals surface area (Å²) in [5.74, 6) is 0.763. The van der Waals surface area contributed by atoms with Crippen LogP contribution in [0.15, 0.2) is 24.4 Å². The van der Waals surface area contributed by atoms with Crippen LogP contribution in [0.2, 0.25) is 0 Å². The first kappa shape index (κ1) is 16.4. The fourth-order valence-corrected chi connectivity index (χ4v) is 3.07. The summed E-state index contributed by atoms with van der Waals surface area (Å²) in [6, 6.07) is 6.02. The molecule has 6 nitrogen and oxygen atoms in total. The van der Waals surface area contributed by atoms with E-state index in [1.165, 1.54) is 0 Å². The molecule has 3 heterocycles. The third-order valence-corrected chi connectivity index (χ3v) is 4.29. The topological polar surface area (TPSA) is 71.0 Å². The van der Waals surface area contributed by atoms with Gasteiger partial charge in [-0.2, -0.15) is 5.10 Å². The average Bonchev–Trinajstić information content (AvgIpc) is 2.55. The van der Waals surface area contributed by atoms with Crippen LogP contribution in [0.1, 0.15) is 40.2 Å². The Labute approximate surface area is 142 Å². The van der Waals surface area contributed by atoms with Crippen molar-refractivity contribution >= 4 is 11.7 Å². The number of hydrogen-bond acceptors (Lipinski definition) is 5. The van der Waals surface area contributed by atoms with E-state index >= 15 is 0 Å². The van der Waals surface area contributed by atoms with Crippen LogP contribution in [0.25, 0.3) is 0 Å². The smallest absolute Gasteiger partial charge is 0.270 e. The monoisotopic (exact) mass is 325 g/mol. The van der Waals surface area contributed by atoms with Gasteiger partial charge in [0.1, 0.15) is 5.69 Å². The van der Waals surface area contributed by atoms with E-state index in [4.69, 9.17) is 0 Å². The zero-order valence-corrected chi connectivity index (χ0v) is 14.4. The highest BCUT2D eigenvalue weighted by Crippen LogP contribution is 2.18. The average molecular weight is 325 g/mol. The first-order chi connectivity index (χ1) is 11.5. The lowest BCUT2D eigenvalue weighted by Crippen LogP contribution is -2.48. The number of piperidine rings is 1. The fourth-order valence-electron chi connectivity index (χ4n) is 3.07. The summed E-state index contributed by atoms with van der Waals surface area (Å²) in [6.07, 6.45) is 3.71. The number of aromatic nitrogens is 3. The van der Waals surface area contributed by atoms with Gasteiger partial charge >= 0.3 is 0 Å². The van der Waals surface area contributed by atoms with Crippen molar-refractivity contribution in [2.24, 2.45) is 0 Å². The molecule has 0 bridgehead atoms. The second kappa shape index (κ2) is 6.95. The van der Waals surface area contributed by atoms with E-state index in [2.05, 4.69) is 25.4 Å². The van der Waals surface area contributed by atoms with Gasteiger partial charge in [-0.05, 0) is 56.9 Å². The Balaban J connectivity index is 1.66. The molecule has 2 aromatic rings. The maximum Gasteiger partial charge on any atom is 0.270 e. The van der Waals surface area contributed by atoms with E-state index in [1.807, 2.05) is 39.0 Å². The highest BCUT2D eigenvalue weighted by atomic mass is 16.2. The fraction of sp³-hybridized carbons (Fsp3) is 0.444. The summed E-state index contributed by atoms with van der Waals surface area (Å²) in [6.45, 7) is 7.50. The number of anilines is 1. The number of amides is 1. The molecule has 1 saturated heterocycles. The van der Waals surface area contributed by atoms with Crippen molar-refractivity contribution in [2.45, 2.75) is 39.7 Å². The molecule has 2 aromatic heterocycles. The standard InChI is InChI=1S/C18H23N5O/c1-12-9-13(2)17(19-10-12)18(24)20-15-5-4-8-23(11-15)16-7-6-14(3)21-22-16/h6-7,9-10,15H,4-5,8,11H2,1-3H3,(H,20,24). The van der Waals surface area contributed by atoms with Gasteiger partial charge in [-0.1, -0.05) is 6.07 Å². The van der Waals surface area contributed by atoms with Crippen LogP contribution in [-0.4, -0.2) is 40.2 Å². The van der Waals surface area contributed by atoms with Crippen LogP contribution >= 0.6 is 0 Å². The summed E-state index contributed by atoms with van der Waals surface area (Å²) >= 11 is 0. The van der Waals surface area contributed by atoms with Gasteiger partial charge in [-0.25, -0.2) is 0 Å². The Hall–Kier alpha value is -2.50. The Morgan fingerprint density at radius 1 is 1.25 bits per heavy atom. The van der Waals surface area contributed by atoms with Crippen LogP contribution in [0.3, 0.4) is 0 Å². The van der Waals surface area contributed by atoms with E-state index in [0.29, 0.717) is 5.69 Å². The molecule has 1 aliphatic rings. The molecule has 0 radical (unpaired) electrons. The highest BCUT2D eigenvalue weighted by molar-refractivity contribution is 5.93. The van der Waals surface area contributed by atoms with E-state index in [-0.39, 0.29) is 11.9 Å². The van der Waals surface area contributed by atoms with E-state index < -0.39 is 0 Å². The predicted molar refractivity (Wildman–Crippen MR) is 93.2 cm³/mol. The number of aryl methyl sites for hydroxylation is 3. The van der Waals surface area contributed by atoms with Gasteiger partial charge in [0, 0.05) is 25.3 Å². The summed E-state index contributed by atoms with van der Waals surface area (Å²) in [7, 11) is 0.